The molecule has 2 nitrogen and oxygen atoms in total. The lowest BCUT2D eigenvalue weighted by Crippen LogP contribution is -2.40. The van der Waals surface area contributed by atoms with E-state index < -0.39 is 0 Å². The molecule has 0 spiro atoms. The Hall–Kier alpha value is -1.02. The van der Waals surface area contributed by atoms with Gasteiger partial charge in [0.05, 0.1) is 0 Å². The molecule has 0 fully saturated rings. The molecular formula is C16H27NO. The number of ether oxygens (including phenoxy) is 1. The maximum Gasteiger partial charge on any atom is 0.119 e. The highest BCUT2D eigenvalue weighted by Crippen LogP contribution is 2.19. The minimum absolute atomic E-state index is 0.0530. The van der Waals surface area contributed by atoms with Crippen LogP contribution >= 0.6 is 0 Å². The summed E-state index contributed by atoms with van der Waals surface area (Å²) in [6.45, 7) is 9.18. The zero-order chi connectivity index (χ0) is 13.6. The molecule has 18 heavy (non-hydrogen) atoms. The zero-order valence-corrected chi connectivity index (χ0v) is 12.2. The molecule has 1 atom stereocenters. The monoisotopic (exact) mass is 249 g/mol. The average molecular weight is 249 g/mol. The highest BCUT2D eigenvalue weighted by atomic mass is 16.5. The van der Waals surface area contributed by atoms with Crippen LogP contribution in [0.15, 0.2) is 24.3 Å². The lowest BCUT2D eigenvalue weighted by atomic mass is 9.88. The Labute approximate surface area is 112 Å². The fraction of sp³-hybridized carbons (Fsp3) is 0.625. The van der Waals surface area contributed by atoms with Crippen molar-refractivity contribution in [2.45, 2.75) is 53.0 Å². The van der Waals surface area contributed by atoms with Crippen molar-refractivity contribution < 1.29 is 4.74 Å². The van der Waals surface area contributed by atoms with Gasteiger partial charge in [-0.2, -0.15) is 0 Å². The highest BCUT2D eigenvalue weighted by Gasteiger charge is 2.20. The van der Waals surface area contributed by atoms with Gasteiger partial charge < -0.3 is 10.5 Å². The van der Waals surface area contributed by atoms with E-state index in [4.69, 9.17) is 10.5 Å². The number of nitrogens with two attached hydrogens (primary N) is 1. The molecular weight excluding hydrogens is 222 g/mol. The van der Waals surface area contributed by atoms with Crippen LogP contribution in [-0.4, -0.2) is 12.6 Å². The van der Waals surface area contributed by atoms with Crippen LogP contribution in [0.3, 0.4) is 0 Å². The Balaban J connectivity index is 2.44. The van der Waals surface area contributed by atoms with Gasteiger partial charge in [-0.25, -0.2) is 0 Å². The Morgan fingerprint density at radius 1 is 1.17 bits per heavy atom. The predicted molar refractivity (Wildman–Crippen MR) is 78.0 cm³/mol. The van der Waals surface area contributed by atoms with E-state index in [1.807, 2.05) is 12.1 Å². The molecule has 0 aliphatic carbocycles. The normalized spacial score (nSPS) is 13.4. The largest absolute Gasteiger partial charge is 0.492 e. The van der Waals surface area contributed by atoms with E-state index >= 15 is 0 Å². The molecule has 0 bridgehead atoms. The SMILES string of the molecule is CCCCc1ccc(OCC(N)C(C)(C)C)cc1. The van der Waals surface area contributed by atoms with Crippen molar-refractivity contribution in [2.75, 3.05) is 6.61 Å². The number of benzene rings is 1. The van der Waals surface area contributed by atoms with E-state index in [2.05, 4.69) is 39.8 Å². The molecule has 102 valence electrons. The van der Waals surface area contributed by atoms with Crippen LogP contribution in [0.5, 0.6) is 5.75 Å². The second kappa shape index (κ2) is 6.79. The Bertz CT molecular complexity index is 337. The molecule has 0 aliphatic rings. The van der Waals surface area contributed by atoms with Crippen molar-refractivity contribution in [3.05, 3.63) is 29.8 Å². The third-order valence-electron chi connectivity index (χ3n) is 3.28. The quantitative estimate of drug-likeness (QED) is 0.832. The second-order valence-corrected chi connectivity index (χ2v) is 6.03. The first-order valence-corrected chi connectivity index (χ1v) is 6.91. The first-order valence-electron chi connectivity index (χ1n) is 6.91. The van der Waals surface area contributed by atoms with E-state index in [1.165, 1.54) is 18.4 Å². The van der Waals surface area contributed by atoms with Gasteiger partial charge in [0, 0.05) is 6.04 Å². The van der Waals surface area contributed by atoms with Crippen molar-refractivity contribution >= 4 is 0 Å². The molecule has 1 rings (SSSR count). The van der Waals surface area contributed by atoms with Crippen molar-refractivity contribution in [3.63, 3.8) is 0 Å². The molecule has 0 aromatic heterocycles. The lowest BCUT2D eigenvalue weighted by Gasteiger charge is -2.26. The van der Waals surface area contributed by atoms with Gasteiger partial charge in [0.25, 0.3) is 0 Å². The standard InChI is InChI=1S/C16H27NO/c1-5-6-7-13-8-10-14(11-9-13)18-12-15(17)16(2,3)4/h8-11,15H,5-7,12,17H2,1-4H3. The van der Waals surface area contributed by atoms with Gasteiger partial charge in [0.2, 0.25) is 0 Å². The summed E-state index contributed by atoms with van der Waals surface area (Å²) in [5.74, 6) is 0.912. The summed E-state index contributed by atoms with van der Waals surface area (Å²) in [7, 11) is 0. The highest BCUT2D eigenvalue weighted by molar-refractivity contribution is 5.27. The summed E-state index contributed by atoms with van der Waals surface area (Å²) < 4.78 is 5.73. The first-order chi connectivity index (χ1) is 8.43. The summed E-state index contributed by atoms with van der Waals surface area (Å²) in [5, 5.41) is 0. The van der Waals surface area contributed by atoms with Gasteiger partial charge in [-0.3, -0.25) is 0 Å². The minimum atomic E-state index is 0.0530. The molecule has 0 saturated heterocycles. The predicted octanol–water partition coefficient (Wildman–Crippen LogP) is 3.78. The van der Waals surface area contributed by atoms with Crippen LogP contribution in [-0.2, 0) is 6.42 Å². The lowest BCUT2D eigenvalue weighted by molar-refractivity contribution is 0.205. The van der Waals surface area contributed by atoms with E-state index in [0.29, 0.717) is 6.61 Å². The molecule has 0 heterocycles. The maximum atomic E-state index is 6.07. The molecule has 1 aromatic rings. The molecule has 0 radical (unpaired) electrons. The molecule has 2 N–H and O–H groups in total. The van der Waals surface area contributed by atoms with E-state index in [9.17, 15) is 0 Å². The molecule has 0 saturated carbocycles. The fourth-order valence-electron chi connectivity index (χ4n) is 1.57. The van der Waals surface area contributed by atoms with Gasteiger partial charge in [0.1, 0.15) is 12.4 Å². The van der Waals surface area contributed by atoms with Gasteiger partial charge in [-0.15, -0.1) is 0 Å². The van der Waals surface area contributed by atoms with Crippen molar-refractivity contribution in [3.8, 4) is 5.75 Å². The van der Waals surface area contributed by atoms with Gasteiger partial charge >= 0.3 is 0 Å². The summed E-state index contributed by atoms with van der Waals surface area (Å²) in [5.41, 5.74) is 7.53. The number of hydrogen-bond donors (Lipinski definition) is 1. The van der Waals surface area contributed by atoms with Crippen molar-refractivity contribution in [2.24, 2.45) is 11.1 Å². The molecule has 0 amide bonds. The van der Waals surface area contributed by atoms with Crippen LogP contribution in [0.1, 0.15) is 46.1 Å². The summed E-state index contributed by atoms with van der Waals surface area (Å²) in [6, 6.07) is 8.43. The van der Waals surface area contributed by atoms with Crippen LogP contribution < -0.4 is 10.5 Å². The summed E-state index contributed by atoms with van der Waals surface area (Å²) in [4.78, 5) is 0. The third kappa shape index (κ3) is 5.09. The van der Waals surface area contributed by atoms with Crippen LogP contribution in [0.25, 0.3) is 0 Å². The van der Waals surface area contributed by atoms with Gasteiger partial charge in [-0.1, -0.05) is 46.2 Å². The Morgan fingerprint density at radius 3 is 2.28 bits per heavy atom. The Kier molecular flexibility index (Phi) is 5.67. The van der Waals surface area contributed by atoms with Crippen LogP contribution in [0.2, 0.25) is 0 Å². The fourth-order valence-corrected chi connectivity index (χ4v) is 1.57. The van der Waals surface area contributed by atoms with Crippen LogP contribution in [0, 0.1) is 5.41 Å². The summed E-state index contributed by atoms with van der Waals surface area (Å²) >= 11 is 0. The first kappa shape index (κ1) is 15.0. The molecule has 2 heteroatoms. The van der Waals surface area contributed by atoms with Crippen molar-refractivity contribution in [1.29, 1.82) is 0 Å². The van der Waals surface area contributed by atoms with E-state index in [-0.39, 0.29) is 11.5 Å². The van der Waals surface area contributed by atoms with Gasteiger partial charge in [-0.05, 0) is 36.0 Å². The molecule has 1 unspecified atom stereocenters. The number of hydrogen-bond acceptors (Lipinski definition) is 2. The topological polar surface area (TPSA) is 35.2 Å². The third-order valence-corrected chi connectivity index (χ3v) is 3.28. The molecule has 1 aromatic carbocycles. The van der Waals surface area contributed by atoms with E-state index in [0.717, 1.165) is 12.2 Å². The average Bonchev–Trinajstić information content (AvgIpc) is 2.33. The number of unbranched alkanes of at least 4 members (excludes halogenated alkanes) is 1. The van der Waals surface area contributed by atoms with Gasteiger partial charge in [0.15, 0.2) is 0 Å². The number of rotatable bonds is 6. The minimum Gasteiger partial charge on any atom is -0.492 e. The van der Waals surface area contributed by atoms with E-state index in [1.54, 1.807) is 0 Å². The summed E-state index contributed by atoms with van der Waals surface area (Å²) in [6.07, 6.45) is 3.63. The number of aryl methyl sites for hydroxylation is 1. The Morgan fingerprint density at radius 2 is 1.78 bits per heavy atom. The smallest absolute Gasteiger partial charge is 0.119 e. The molecule has 0 aliphatic heterocycles. The second-order valence-electron chi connectivity index (χ2n) is 6.03. The zero-order valence-electron chi connectivity index (χ0n) is 12.2. The van der Waals surface area contributed by atoms with Crippen LogP contribution in [0.4, 0.5) is 0 Å². The van der Waals surface area contributed by atoms with Crippen molar-refractivity contribution in [1.82, 2.24) is 0 Å². The maximum absolute atomic E-state index is 6.07.